The minimum absolute atomic E-state index is 0.274. The van der Waals surface area contributed by atoms with E-state index in [1.54, 1.807) is 6.92 Å². The molecule has 0 N–H and O–H groups in total. The number of benzene rings is 1. The molecule has 0 aliphatic rings. The molecule has 0 saturated carbocycles. The highest BCUT2D eigenvalue weighted by Gasteiger charge is 2.25. The molecule has 0 aliphatic heterocycles. The molecule has 0 bridgehead atoms. The fourth-order valence-electron chi connectivity index (χ4n) is 2.40. The van der Waals surface area contributed by atoms with Crippen molar-refractivity contribution in [2.45, 2.75) is 66.7 Å². The summed E-state index contributed by atoms with van der Waals surface area (Å²) in [5, 5.41) is 0. The summed E-state index contributed by atoms with van der Waals surface area (Å²) in [6.45, 7) is 15.1. The van der Waals surface area contributed by atoms with Crippen molar-refractivity contribution in [1.29, 1.82) is 0 Å². The maximum Gasteiger partial charge on any atom is 0.338 e. The predicted octanol–water partition coefficient (Wildman–Crippen LogP) is 5.49. The van der Waals surface area contributed by atoms with E-state index in [0.29, 0.717) is 42.6 Å². The van der Waals surface area contributed by atoms with Crippen LogP contribution in [0.2, 0.25) is 0 Å². The quantitative estimate of drug-likeness (QED) is 0.258. The number of aryl methyl sites for hydroxylation is 1. The first-order valence-corrected chi connectivity index (χ1v) is 9.95. The van der Waals surface area contributed by atoms with Crippen LogP contribution in [-0.4, -0.2) is 25.8 Å². The van der Waals surface area contributed by atoms with Crippen molar-refractivity contribution in [2.75, 3.05) is 19.8 Å². The van der Waals surface area contributed by atoms with Gasteiger partial charge in [-0.3, -0.25) is 0 Å². The van der Waals surface area contributed by atoms with Crippen LogP contribution in [0.4, 0.5) is 0 Å². The Morgan fingerprint density at radius 3 is 1.93 bits per heavy atom. The topological polar surface area (TPSA) is 54.0 Å². The second-order valence-corrected chi connectivity index (χ2v) is 6.49. The zero-order valence-corrected chi connectivity index (χ0v) is 17.5. The normalized spacial score (nSPS) is 10.4. The number of hydrogen-bond acceptors (Lipinski definition) is 5. The SMILES string of the molecule is C=C(C)C(=O)Oc1c(OCCC)cc(CCC)c(OCCC)c1OCCC. The first-order chi connectivity index (χ1) is 13.0. The van der Waals surface area contributed by atoms with Crippen LogP contribution in [0.25, 0.3) is 0 Å². The monoisotopic (exact) mass is 378 g/mol. The van der Waals surface area contributed by atoms with Crippen molar-refractivity contribution in [3.63, 3.8) is 0 Å². The highest BCUT2D eigenvalue weighted by molar-refractivity contribution is 5.90. The zero-order valence-electron chi connectivity index (χ0n) is 17.5. The molecule has 5 nitrogen and oxygen atoms in total. The molecule has 0 atom stereocenters. The lowest BCUT2D eigenvalue weighted by atomic mass is 10.1. The second-order valence-electron chi connectivity index (χ2n) is 6.49. The van der Waals surface area contributed by atoms with Gasteiger partial charge in [-0.15, -0.1) is 0 Å². The fraction of sp³-hybridized carbons (Fsp3) is 0.591. The first-order valence-electron chi connectivity index (χ1n) is 9.95. The van der Waals surface area contributed by atoms with Gasteiger partial charge in [0.15, 0.2) is 11.5 Å². The molecule has 1 rings (SSSR count). The highest BCUT2D eigenvalue weighted by Crippen LogP contribution is 2.48. The van der Waals surface area contributed by atoms with Gasteiger partial charge in [0.2, 0.25) is 11.5 Å². The molecule has 0 fully saturated rings. The number of ether oxygens (including phenoxy) is 4. The van der Waals surface area contributed by atoms with Gasteiger partial charge in [0.1, 0.15) is 0 Å². The van der Waals surface area contributed by atoms with E-state index in [-0.39, 0.29) is 5.75 Å². The van der Waals surface area contributed by atoms with E-state index in [1.807, 2.05) is 26.8 Å². The van der Waals surface area contributed by atoms with Gasteiger partial charge in [0.05, 0.1) is 19.8 Å². The van der Waals surface area contributed by atoms with Crippen molar-refractivity contribution in [3.8, 4) is 23.0 Å². The molecule has 0 radical (unpaired) electrons. The van der Waals surface area contributed by atoms with E-state index in [4.69, 9.17) is 18.9 Å². The highest BCUT2D eigenvalue weighted by atomic mass is 16.6. The molecule has 0 saturated heterocycles. The van der Waals surface area contributed by atoms with Crippen LogP contribution >= 0.6 is 0 Å². The van der Waals surface area contributed by atoms with Crippen molar-refractivity contribution in [2.24, 2.45) is 0 Å². The fourth-order valence-corrected chi connectivity index (χ4v) is 2.40. The number of rotatable bonds is 13. The van der Waals surface area contributed by atoms with E-state index in [9.17, 15) is 4.79 Å². The summed E-state index contributed by atoms with van der Waals surface area (Å²) in [5.41, 5.74) is 1.31. The molecule has 27 heavy (non-hydrogen) atoms. The number of esters is 1. The molecule has 0 heterocycles. The molecule has 1 aromatic carbocycles. The molecule has 0 aromatic heterocycles. The van der Waals surface area contributed by atoms with Crippen molar-refractivity contribution >= 4 is 5.97 Å². The summed E-state index contributed by atoms with van der Waals surface area (Å²) in [7, 11) is 0. The van der Waals surface area contributed by atoms with Gasteiger partial charge in [0, 0.05) is 11.1 Å². The summed E-state index contributed by atoms with van der Waals surface area (Å²) < 4.78 is 23.5. The van der Waals surface area contributed by atoms with E-state index in [0.717, 1.165) is 37.7 Å². The molecule has 0 unspecified atom stereocenters. The van der Waals surface area contributed by atoms with Gasteiger partial charge in [-0.05, 0) is 38.7 Å². The molecular formula is C22H34O5. The Morgan fingerprint density at radius 2 is 1.41 bits per heavy atom. The van der Waals surface area contributed by atoms with Crippen LogP contribution in [0.3, 0.4) is 0 Å². The maximum atomic E-state index is 12.2. The van der Waals surface area contributed by atoms with Gasteiger partial charge in [-0.1, -0.05) is 40.7 Å². The van der Waals surface area contributed by atoms with Crippen LogP contribution in [0.15, 0.2) is 18.2 Å². The molecule has 152 valence electrons. The van der Waals surface area contributed by atoms with Gasteiger partial charge >= 0.3 is 5.97 Å². The number of hydrogen-bond donors (Lipinski definition) is 0. The zero-order chi connectivity index (χ0) is 20.2. The van der Waals surface area contributed by atoms with Crippen LogP contribution in [0.1, 0.15) is 65.9 Å². The summed E-state index contributed by atoms with van der Waals surface area (Å²) in [6.07, 6.45) is 4.31. The lowest BCUT2D eigenvalue weighted by molar-refractivity contribution is -0.130. The molecule has 0 spiro atoms. The predicted molar refractivity (Wildman–Crippen MR) is 108 cm³/mol. The number of carbonyl (C=O) groups is 1. The van der Waals surface area contributed by atoms with E-state index < -0.39 is 5.97 Å². The van der Waals surface area contributed by atoms with Gasteiger partial charge in [-0.2, -0.15) is 0 Å². The van der Waals surface area contributed by atoms with Gasteiger partial charge in [-0.25, -0.2) is 4.79 Å². The van der Waals surface area contributed by atoms with Crippen molar-refractivity contribution in [3.05, 3.63) is 23.8 Å². The summed E-state index contributed by atoms with van der Waals surface area (Å²) in [6, 6.07) is 1.91. The standard InChI is InChI=1S/C22H34O5/c1-7-11-17-15-18(24-12-8-2)20(27-22(23)16(5)6)21(26-14-10-4)19(17)25-13-9-3/h15H,5,7-14H2,1-4,6H3. The largest absolute Gasteiger partial charge is 0.490 e. The van der Waals surface area contributed by atoms with Crippen LogP contribution in [0, 0.1) is 0 Å². The Labute approximate surface area is 163 Å². The van der Waals surface area contributed by atoms with E-state index in [1.165, 1.54) is 0 Å². The minimum Gasteiger partial charge on any atom is -0.490 e. The summed E-state index contributed by atoms with van der Waals surface area (Å²) in [4.78, 5) is 12.2. The van der Waals surface area contributed by atoms with Gasteiger partial charge in [0.25, 0.3) is 0 Å². The Kier molecular flexibility index (Phi) is 10.4. The Bertz CT molecular complexity index is 622. The van der Waals surface area contributed by atoms with Crippen LogP contribution < -0.4 is 18.9 Å². The van der Waals surface area contributed by atoms with Gasteiger partial charge < -0.3 is 18.9 Å². The third-order valence-electron chi connectivity index (χ3n) is 3.66. The molecule has 0 amide bonds. The Morgan fingerprint density at radius 1 is 0.852 bits per heavy atom. The number of carbonyl (C=O) groups excluding carboxylic acids is 1. The average Bonchev–Trinajstić information content (AvgIpc) is 2.65. The summed E-state index contributed by atoms with van der Waals surface area (Å²) >= 11 is 0. The van der Waals surface area contributed by atoms with Crippen molar-refractivity contribution in [1.82, 2.24) is 0 Å². The molecular weight excluding hydrogens is 344 g/mol. The first kappa shape index (κ1) is 22.9. The van der Waals surface area contributed by atoms with Crippen molar-refractivity contribution < 1.29 is 23.7 Å². The lowest BCUT2D eigenvalue weighted by Gasteiger charge is -2.22. The minimum atomic E-state index is -0.512. The smallest absolute Gasteiger partial charge is 0.338 e. The maximum absolute atomic E-state index is 12.2. The lowest BCUT2D eigenvalue weighted by Crippen LogP contribution is -2.13. The van der Waals surface area contributed by atoms with E-state index >= 15 is 0 Å². The molecule has 1 aromatic rings. The third kappa shape index (κ3) is 6.81. The third-order valence-corrected chi connectivity index (χ3v) is 3.66. The Hall–Kier alpha value is -2.17. The summed E-state index contributed by atoms with van der Waals surface area (Å²) in [5.74, 6) is 1.35. The van der Waals surface area contributed by atoms with Crippen LogP contribution in [-0.2, 0) is 11.2 Å². The van der Waals surface area contributed by atoms with Crippen LogP contribution in [0.5, 0.6) is 23.0 Å². The van der Waals surface area contributed by atoms with E-state index in [2.05, 4.69) is 13.5 Å². The molecule has 5 heteroatoms. The Balaban J connectivity index is 3.55. The average molecular weight is 379 g/mol. The molecule has 0 aliphatic carbocycles. The second kappa shape index (κ2) is 12.3.